The number of nitrogens with zero attached hydrogens (tertiary/aromatic N) is 6. The molecule has 1 fully saturated rings. The average molecular weight is 641 g/mol. The molecule has 0 spiro atoms. The van der Waals surface area contributed by atoms with Crippen molar-refractivity contribution < 1.29 is 9.18 Å². The fourth-order valence-corrected chi connectivity index (χ4v) is 7.37. The smallest absolute Gasteiger partial charge is 0.354 e. The fraction of sp³-hybridized carbons (Fsp3) is 0.324. The van der Waals surface area contributed by atoms with Gasteiger partial charge in [-0.05, 0) is 55.5 Å². The van der Waals surface area contributed by atoms with Crippen LogP contribution in [0.3, 0.4) is 0 Å². The summed E-state index contributed by atoms with van der Waals surface area (Å²) in [6, 6.07) is 5.47. The second-order valence-electron chi connectivity index (χ2n) is 12.3. The minimum Gasteiger partial charge on any atom is -0.382 e. The van der Waals surface area contributed by atoms with Gasteiger partial charge in [-0.1, -0.05) is 38.1 Å². The molecule has 46 heavy (non-hydrogen) atoms. The molecule has 2 aromatic carbocycles. The number of rotatable bonds is 4. The van der Waals surface area contributed by atoms with Crippen molar-refractivity contribution in [3.05, 3.63) is 81.4 Å². The van der Waals surface area contributed by atoms with E-state index in [9.17, 15) is 9.59 Å². The molecule has 1 amide bonds. The highest BCUT2D eigenvalue weighted by atomic mass is 35.5. The van der Waals surface area contributed by atoms with Crippen LogP contribution in [0, 0.1) is 19.7 Å². The predicted molar refractivity (Wildman–Crippen MR) is 180 cm³/mol. The number of nitrogens with one attached hydrogen (secondary N) is 2. The number of carbonyl (C=O) groups excluding carboxylic acids is 1. The summed E-state index contributed by atoms with van der Waals surface area (Å²) in [5, 5.41) is 11.8. The summed E-state index contributed by atoms with van der Waals surface area (Å²) in [4.78, 5) is 40.1. The Bertz CT molecular complexity index is 2140. The van der Waals surface area contributed by atoms with Crippen LogP contribution in [-0.4, -0.2) is 67.8 Å². The maximum atomic E-state index is 17.3. The normalized spacial score (nSPS) is 16.4. The molecule has 1 unspecified atom stereocenters. The van der Waals surface area contributed by atoms with Crippen LogP contribution in [0.1, 0.15) is 43.0 Å². The molecule has 236 valence electrons. The van der Waals surface area contributed by atoms with Crippen molar-refractivity contribution in [2.45, 2.75) is 46.1 Å². The molecule has 1 saturated heterocycles. The molecule has 3 aromatic heterocycles. The van der Waals surface area contributed by atoms with Crippen LogP contribution in [0.4, 0.5) is 15.9 Å². The molecule has 10 nitrogen and oxygen atoms in total. The molecule has 0 aliphatic carbocycles. The van der Waals surface area contributed by atoms with E-state index in [-0.39, 0.29) is 34.1 Å². The zero-order chi connectivity index (χ0) is 32.4. The Labute approximate surface area is 269 Å². The molecule has 7 rings (SSSR count). The summed E-state index contributed by atoms with van der Waals surface area (Å²) in [6.07, 6.45) is 5.28. The van der Waals surface area contributed by atoms with Crippen LogP contribution >= 0.6 is 11.6 Å². The first-order chi connectivity index (χ1) is 22.1. The van der Waals surface area contributed by atoms with Gasteiger partial charge in [0, 0.05) is 54.9 Å². The molecular formula is C34H34ClFN8O2. The van der Waals surface area contributed by atoms with E-state index in [1.165, 1.54) is 10.6 Å². The first-order valence-electron chi connectivity index (χ1n) is 15.4. The number of aryl methyl sites for hydroxylation is 2. The number of amides is 1. The number of fused-ring (bicyclic) bond motifs is 3. The lowest BCUT2D eigenvalue weighted by atomic mass is 9.93. The van der Waals surface area contributed by atoms with Crippen molar-refractivity contribution in [3.63, 3.8) is 0 Å². The highest BCUT2D eigenvalue weighted by Crippen LogP contribution is 2.48. The fourth-order valence-electron chi connectivity index (χ4n) is 7.02. The van der Waals surface area contributed by atoms with E-state index < -0.39 is 11.5 Å². The number of halogens is 2. The number of H-pyrrole nitrogens is 1. The summed E-state index contributed by atoms with van der Waals surface area (Å²) in [5.74, 6) is -0.381. The number of anilines is 2. The number of hydrogen-bond donors (Lipinski definition) is 2. The maximum absolute atomic E-state index is 17.3. The van der Waals surface area contributed by atoms with E-state index >= 15 is 4.39 Å². The Kier molecular flexibility index (Phi) is 7.31. The number of piperazine rings is 1. The van der Waals surface area contributed by atoms with Crippen LogP contribution in [0.15, 0.2) is 48.0 Å². The molecule has 2 aliphatic heterocycles. The number of pyridine rings is 1. The van der Waals surface area contributed by atoms with Gasteiger partial charge in [0.2, 0.25) is 5.91 Å². The molecule has 0 saturated carbocycles. The standard InChI is InChI=1S/C34H34ClFN8O2/c1-6-23(45)42-13-14-43-20(16-42)10-12-38-30-26-32(27(35)25(28(30)36)24-18(4)7-8-22-21(24)15-39-41-22)44(34(46)40-33(26)43)31-19(5)9-11-37-29(31)17(2)3/h6-9,11,15,17,20,38H,1,10,12-14,16H2,2-5H3,(H,39,41). The average Bonchev–Trinajstić information content (AvgIpc) is 3.51. The summed E-state index contributed by atoms with van der Waals surface area (Å²) in [5.41, 5.74) is 4.41. The molecule has 12 heteroatoms. The third kappa shape index (κ3) is 4.47. The van der Waals surface area contributed by atoms with Crippen molar-refractivity contribution in [1.29, 1.82) is 0 Å². The van der Waals surface area contributed by atoms with Crippen molar-refractivity contribution in [2.24, 2.45) is 0 Å². The monoisotopic (exact) mass is 640 g/mol. The highest BCUT2D eigenvalue weighted by Gasteiger charge is 2.36. The van der Waals surface area contributed by atoms with Crippen LogP contribution in [0.2, 0.25) is 5.02 Å². The van der Waals surface area contributed by atoms with E-state index in [0.717, 1.165) is 16.6 Å². The molecule has 2 N–H and O–H groups in total. The molecule has 5 aromatic rings. The van der Waals surface area contributed by atoms with Crippen LogP contribution in [0.5, 0.6) is 0 Å². The Morgan fingerprint density at radius 1 is 1.17 bits per heavy atom. The summed E-state index contributed by atoms with van der Waals surface area (Å²) >= 11 is 7.42. The van der Waals surface area contributed by atoms with Gasteiger partial charge in [-0.25, -0.2) is 9.18 Å². The van der Waals surface area contributed by atoms with E-state index in [0.29, 0.717) is 71.7 Å². The van der Waals surface area contributed by atoms with Gasteiger partial charge in [0.25, 0.3) is 0 Å². The summed E-state index contributed by atoms with van der Waals surface area (Å²) in [7, 11) is 0. The van der Waals surface area contributed by atoms with Gasteiger partial charge in [-0.15, -0.1) is 0 Å². The van der Waals surface area contributed by atoms with Gasteiger partial charge >= 0.3 is 5.69 Å². The van der Waals surface area contributed by atoms with Crippen LogP contribution in [-0.2, 0) is 4.79 Å². The summed E-state index contributed by atoms with van der Waals surface area (Å²) in [6.45, 7) is 13.1. The maximum Gasteiger partial charge on any atom is 0.354 e. The molecule has 5 heterocycles. The van der Waals surface area contributed by atoms with E-state index in [1.807, 2.05) is 50.8 Å². The minimum absolute atomic E-state index is 0.0338. The lowest BCUT2D eigenvalue weighted by Crippen LogP contribution is -2.56. The molecule has 0 radical (unpaired) electrons. The zero-order valence-corrected chi connectivity index (χ0v) is 26.9. The lowest BCUT2D eigenvalue weighted by Gasteiger charge is -2.43. The van der Waals surface area contributed by atoms with E-state index in [1.54, 1.807) is 17.3 Å². The Morgan fingerprint density at radius 3 is 2.74 bits per heavy atom. The van der Waals surface area contributed by atoms with E-state index in [4.69, 9.17) is 11.6 Å². The number of hydrogen-bond acceptors (Lipinski definition) is 7. The topological polar surface area (TPSA) is 112 Å². The Hall–Kier alpha value is -4.77. The molecule has 0 bridgehead atoms. The number of benzene rings is 2. The van der Waals surface area contributed by atoms with Crippen LogP contribution in [0.25, 0.3) is 38.6 Å². The van der Waals surface area contributed by atoms with E-state index in [2.05, 4.69) is 32.1 Å². The van der Waals surface area contributed by atoms with Gasteiger partial charge in [-0.3, -0.25) is 19.4 Å². The second kappa shape index (κ2) is 11.2. The first-order valence-corrected chi connectivity index (χ1v) is 15.8. The summed E-state index contributed by atoms with van der Waals surface area (Å²) < 4.78 is 18.8. The van der Waals surface area contributed by atoms with Gasteiger partial charge < -0.3 is 15.1 Å². The third-order valence-electron chi connectivity index (χ3n) is 9.22. The first kappa shape index (κ1) is 29.9. The van der Waals surface area contributed by atoms with Crippen molar-refractivity contribution in [1.82, 2.24) is 29.6 Å². The van der Waals surface area contributed by atoms with Gasteiger partial charge in [0.15, 0.2) is 5.82 Å². The van der Waals surface area contributed by atoms with Gasteiger partial charge in [0.05, 0.1) is 44.7 Å². The molecule has 1 atom stereocenters. The zero-order valence-electron chi connectivity index (χ0n) is 26.1. The quantitative estimate of drug-likeness (QED) is 0.236. The Balaban J connectivity index is 1.63. The minimum atomic E-state index is -0.548. The lowest BCUT2D eigenvalue weighted by molar-refractivity contribution is -0.126. The molecule has 2 aliphatic rings. The van der Waals surface area contributed by atoms with Crippen molar-refractivity contribution >= 4 is 50.8 Å². The third-order valence-corrected chi connectivity index (χ3v) is 9.59. The predicted octanol–water partition coefficient (Wildman–Crippen LogP) is 5.88. The van der Waals surface area contributed by atoms with Crippen LogP contribution < -0.4 is 15.9 Å². The Morgan fingerprint density at radius 2 is 1.98 bits per heavy atom. The largest absolute Gasteiger partial charge is 0.382 e. The van der Waals surface area contributed by atoms with Gasteiger partial charge in [0.1, 0.15) is 5.82 Å². The molecular weight excluding hydrogens is 607 g/mol. The second-order valence-corrected chi connectivity index (χ2v) is 12.7. The van der Waals surface area contributed by atoms with Crippen molar-refractivity contribution in [3.8, 4) is 16.8 Å². The van der Waals surface area contributed by atoms with Crippen molar-refractivity contribution in [2.75, 3.05) is 36.4 Å². The SMILES string of the molecule is C=CC(=O)N1CCN2c3nc(=O)n(-c4c(C)ccnc4C(C)C)c4c(Cl)c(-c5c(C)ccc6[nH]ncc56)c(F)c(c34)NCCC2C1. The number of aromatic nitrogens is 5. The number of aromatic amines is 1. The van der Waals surface area contributed by atoms with Gasteiger partial charge in [-0.2, -0.15) is 10.1 Å². The number of carbonyl (C=O) groups is 1. The highest BCUT2D eigenvalue weighted by molar-refractivity contribution is 6.39.